The summed E-state index contributed by atoms with van der Waals surface area (Å²) < 4.78 is 4.98. The lowest BCUT2D eigenvalue weighted by Gasteiger charge is -2.17. The van der Waals surface area contributed by atoms with Gasteiger partial charge in [-0.25, -0.2) is 4.98 Å². The Hall–Kier alpha value is -4.47. The number of esters is 1. The van der Waals surface area contributed by atoms with Crippen LogP contribution in [0.4, 0.5) is 10.8 Å². The maximum absolute atomic E-state index is 13.5. The Kier molecular flexibility index (Phi) is 9.08. The minimum atomic E-state index is -0.583. The smallest absolute Gasteiger partial charge is 0.311 e. The molecule has 0 fully saturated rings. The van der Waals surface area contributed by atoms with E-state index in [0.29, 0.717) is 28.7 Å². The average Bonchev–Trinajstić information content (AvgIpc) is 3.42. The van der Waals surface area contributed by atoms with Gasteiger partial charge in [-0.2, -0.15) is 0 Å². The Morgan fingerprint density at radius 1 is 0.878 bits per heavy atom. The molecular formula is C32H27N3O4S2. The van der Waals surface area contributed by atoms with Crippen LogP contribution < -0.4 is 10.6 Å². The molecule has 1 heterocycles. The van der Waals surface area contributed by atoms with Gasteiger partial charge in [0, 0.05) is 21.5 Å². The summed E-state index contributed by atoms with van der Waals surface area (Å²) >= 11 is 2.63. The number of amides is 2. The lowest BCUT2D eigenvalue weighted by molar-refractivity contribution is -0.142. The van der Waals surface area contributed by atoms with E-state index < -0.39 is 5.25 Å². The predicted octanol–water partition coefficient (Wildman–Crippen LogP) is 7.13. The summed E-state index contributed by atoms with van der Waals surface area (Å²) in [6, 6.07) is 30.4. The van der Waals surface area contributed by atoms with E-state index in [0.717, 1.165) is 21.2 Å². The molecule has 41 heavy (non-hydrogen) atoms. The van der Waals surface area contributed by atoms with Gasteiger partial charge in [0.05, 0.1) is 18.7 Å². The summed E-state index contributed by atoms with van der Waals surface area (Å²) in [5.41, 5.74) is 2.56. The Morgan fingerprint density at radius 3 is 2.46 bits per heavy atom. The Labute approximate surface area is 246 Å². The second kappa shape index (κ2) is 13.3. The van der Waals surface area contributed by atoms with E-state index in [4.69, 9.17) is 4.74 Å². The summed E-state index contributed by atoms with van der Waals surface area (Å²) in [6.07, 6.45) is 0.0504. The van der Waals surface area contributed by atoms with Crippen molar-refractivity contribution in [2.24, 2.45) is 0 Å². The van der Waals surface area contributed by atoms with Crippen LogP contribution in [0, 0.1) is 0 Å². The second-order valence-electron chi connectivity index (χ2n) is 9.07. The highest BCUT2D eigenvalue weighted by Gasteiger charge is 2.23. The molecule has 1 unspecified atom stereocenters. The van der Waals surface area contributed by atoms with Crippen LogP contribution in [-0.2, 0) is 20.7 Å². The minimum Gasteiger partial charge on any atom is -0.466 e. The first-order valence-corrected chi connectivity index (χ1v) is 14.8. The van der Waals surface area contributed by atoms with Gasteiger partial charge < -0.3 is 15.4 Å². The van der Waals surface area contributed by atoms with Crippen LogP contribution in [0.15, 0.2) is 107 Å². The minimum absolute atomic E-state index is 0.0504. The molecular weight excluding hydrogens is 555 g/mol. The standard InChI is InChI=1S/C32H27N3O4S2/c1-2-39-28(36)19-26-20-40-32(34-26)35-31(38)29(22-10-4-3-5-11-22)41-27-14-8-13-25(18-27)33-30(37)24-16-15-21-9-6-7-12-23(21)17-24/h3-18,20,29H,2,19H2,1H3,(H,33,37)(H,34,35,38). The number of anilines is 2. The first-order chi connectivity index (χ1) is 20.0. The van der Waals surface area contributed by atoms with E-state index in [2.05, 4.69) is 15.6 Å². The van der Waals surface area contributed by atoms with E-state index in [-0.39, 0.29) is 24.2 Å². The first-order valence-electron chi connectivity index (χ1n) is 13.0. The van der Waals surface area contributed by atoms with Crippen molar-refractivity contribution in [2.75, 3.05) is 17.2 Å². The van der Waals surface area contributed by atoms with Crippen LogP contribution in [0.5, 0.6) is 0 Å². The van der Waals surface area contributed by atoms with Crippen LogP contribution in [0.2, 0.25) is 0 Å². The van der Waals surface area contributed by atoms with Gasteiger partial charge in [0.1, 0.15) is 5.25 Å². The van der Waals surface area contributed by atoms with Gasteiger partial charge in [-0.05, 0) is 53.6 Å². The molecule has 2 amide bonds. The van der Waals surface area contributed by atoms with Gasteiger partial charge in [-0.15, -0.1) is 23.1 Å². The topological polar surface area (TPSA) is 97.4 Å². The van der Waals surface area contributed by atoms with Crippen LogP contribution >= 0.6 is 23.1 Å². The highest BCUT2D eigenvalue weighted by molar-refractivity contribution is 8.00. The molecule has 206 valence electrons. The van der Waals surface area contributed by atoms with Gasteiger partial charge in [0.2, 0.25) is 5.91 Å². The molecule has 0 aliphatic heterocycles. The summed E-state index contributed by atoms with van der Waals surface area (Å²) in [5, 5.41) is 9.49. The fourth-order valence-corrected chi connectivity index (χ4v) is 5.99. The molecule has 4 aromatic carbocycles. The molecule has 5 aromatic rings. The number of thiazole rings is 1. The van der Waals surface area contributed by atoms with Crippen LogP contribution in [0.3, 0.4) is 0 Å². The van der Waals surface area contributed by atoms with Gasteiger partial charge in [0.25, 0.3) is 5.91 Å². The number of thioether (sulfide) groups is 1. The highest BCUT2D eigenvalue weighted by Crippen LogP contribution is 2.37. The fraction of sp³-hybridized carbons (Fsp3) is 0.125. The summed E-state index contributed by atoms with van der Waals surface area (Å²) in [5.74, 6) is -0.817. The Morgan fingerprint density at radius 2 is 1.66 bits per heavy atom. The molecule has 0 aliphatic rings. The molecule has 7 nitrogen and oxygen atoms in total. The van der Waals surface area contributed by atoms with Crippen LogP contribution in [-0.4, -0.2) is 29.4 Å². The van der Waals surface area contributed by atoms with Gasteiger partial charge in [0.15, 0.2) is 5.13 Å². The molecule has 0 saturated heterocycles. The van der Waals surface area contributed by atoms with Crippen molar-refractivity contribution < 1.29 is 19.1 Å². The number of benzene rings is 4. The number of aromatic nitrogens is 1. The van der Waals surface area contributed by atoms with Crippen molar-refractivity contribution in [2.45, 2.75) is 23.5 Å². The first kappa shape index (κ1) is 28.1. The Balaban J connectivity index is 1.30. The average molecular weight is 582 g/mol. The second-order valence-corrected chi connectivity index (χ2v) is 11.1. The third-order valence-electron chi connectivity index (χ3n) is 6.11. The van der Waals surface area contributed by atoms with E-state index in [9.17, 15) is 14.4 Å². The van der Waals surface area contributed by atoms with Gasteiger partial charge in [-0.1, -0.05) is 66.7 Å². The van der Waals surface area contributed by atoms with E-state index in [1.165, 1.54) is 23.1 Å². The SMILES string of the molecule is CCOC(=O)Cc1csc(NC(=O)C(Sc2cccc(NC(=O)c3ccc4ccccc4c3)c2)c2ccccc2)n1. The molecule has 5 rings (SSSR count). The number of carbonyl (C=O) groups is 3. The van der Waals surface area contributed by atoms with Crippen molar-refractivity contribution in [3.05, 3.63) is 119 Å². The zero-order chi connectivity index (χ0) is 28.6. The number of nitrogens with zero attached hydrogens (tertiary/aromatic N) is 1. The van der Waals surface area contributed by atoms with Gasteiger partial charge in [-0.3, -0.25) is 14.4 Å². The van der Waals surface area contributed by atoms with Crippen molar-refractivity contribution >= 4 is 62.5 Å². The number of carbonyl (C=O) groups excluding carboxylic acids is 3. The zero-order valence-corrected chi connectivity index (χ0v) is 23.8. The predicted molar refractivity (Wildman–Crippen MR) is 164 cm³/mol. The lowest BCUT2D eigenvalue weighted by atomic mass is 10.1. The molecule has 0 radical (unpaired) electrons. The van der Waals surface area contributed by atoms with E-state index in [1.54, 1.807) is 12.3 Å². The highest BCUT2D eigenvalue weighted by atomic mass is 32.2. The maximum Gasteiger partial charge on any atom is 0.311 e. The monoisotopic (exact) mass is 581 g/mol. The van der Waals surface area contributed by atoms with Crippen LogP contribution in [0.1, 0.15) is 33.8 Å². The number of hydrogen-bond donors (Lipinski definition) is 2. The number of fused-ring (bicyclic) bond motifs is 1. The number of ether oxygens (including phenoxy) is 1. The van der Waals surface area contributed by atoms with E-state index >= 15 is 0 Å². The molecule has 2 N–H and O–H groups in total. The van der Waals surface area contributed by atoms with Gasteiger partial charge >= 0.3 is 5.97 Å². The number of hydrogen-bond acceptors (Lipinski definition) is 7. The molecule has 1 aromatic heterocycles. The van der Waals surface area contributed by atoms with Crippen molar-refractivity contribution in [1.29, 1.82) is 0 Å². The molecule has 0 saturated carbocycles. The van der Waals surface area contributed by atoms with Crippen molar-refractivity contribution in [1.82, 2.24) is 4.98 Å². The van der Waals surface area contributed by atoms with E-state index in [1.807, 2.05) is 97.1 Å². The number of nitrogens with one attached hydrogen (secondary N) is 2. The van der Waals surface area contributed by atoms with Crippen molar-refractivity contribution in [3.8, 4) is 0 Å². The third kappa shape index (κ3) is 7.39. The van der Waals surface area contributed by atoms with Crippen molar-refractivity contribution in [3.63, 3.8) is 0 Å². The molecule has 0 spiro atoms. The molecule has 0 bridgehead atoms. The largest absolute Gasteiger partial charge is 0.466 e. The summed E-state index contributed by atoms with van der Waals surface area (Å²) in [7, 11) is 0. The molecule has 0 aliphatic carbocycles. The quantitative estimate of drug-likeness (QED) is 0.135. The molecule has 9 heteroatoms. The van der Waals surface area contributed by atoms with Crippen LogP contribution in [0.25, 0.3) is 10.8 Å². The Bertz CT molecular complexity index is 1690. The number of rotatable bonds is 10. The summed E-state index contributed by atoms with van der Waals surface area (Å²) in [6.45, 7) is 2.05. The normalized spacial score (nSPS) is 11.5. The lowest BCUT2D eigenvalue weighted by Crippen LogP contribution is -2.19. The zero-order valence-electron chi connectivity index (χ0n) is 22.2. The fourth-order valence-electron chi connectivity index (χ4n) is 4.19. The third-order valence-corrected chi connectivity index (χ3v) is 8.17. The molecule has 1 atom stereocenters. The summed E-state index contributed by atoms with van der Waals surface area (Å²) in [4.78, 5) is 43.5. The maximum atomic E-state index is 13.5.